The summed E-state index contributed by atoms with van der Waals surface area (Å²) in [5.41, 5.74) is 1.29. The van der Waals surface area contributed by atoms with Crippen LogP contribution in [0.1, 0.15) is 51.6 Å². The molecule has 94 valence electrons. The molecule has 1 heterocycles. The van der Waals surface area contributed by atoms with Crippen molar-refractivity contribution < 1.29 is 0 Å². The Kier molecular flexibility index (Phi) is 4.16. The lowest BCUT2D eigenvalue weighted by molar-refractivity contribution is 0.228. The predicted molar refractivity (Wildman–Crippen MR) is 71.8 cm³/mol. The molecule has 1 saturated carbocycles. The molecule has 0 radical (unpaired) electrons. The van der Waals surface area contributed by atoms with Crippen LogP contribution in [-0.4, -0.2) is 11.0 Å². The molecule has 1 aromatic heterocycles. The molecular formula is C15H24N2. The smallest absolute Gasteiger partial charge is 0.0315 e. The van der Waals surface area contributed by atoms with Gasteiger partial charge in [-0.1, -0.05) is 19.9 Å². The summed E-state index contributed by atoms with van der Waals surface area (Å²) >= 11 is 0. The third-order valence-corrected chi connectivity index (χ3v) is 3.85. The van der Waals surface area contributed by atoms with E-state index in [1.165, 1.54) is 24.8 Å². The normalized spacial score (nSPS) is 31.1. The molecule has 0 amide bonds. The minimum Gasteiger partial charge on any atom is -0.307 e. The first-order chi connectivity index (χ1) is 8.15. The number of hydrogen-bond acceptors (Lipinski definition) is 2. The number of nitrogens with one attached hydrogen (secondary N) is 1. The fraction of sp³-hybridized carbons (Fsp3) is 0.667. The van der Waals surface area contributed by atoms with Crippen molar-refractivity contribution in [2.45, 2.75) is 52.1 Å². The van der Waals surface area contributed by atoms with Crippen LogP contribution in [0.4, 0.5) is 0 Å². The number of pyridine rings is 1. The van der Waals surface area contributed by atoms with Gasteiger partial charge in [-0.2, -0.15) is 0 Å². The third-order valence-electron chi connectivity index (χ3n) is 3.85. The summed E-state index contributed by atoms with van der Waals surface area (Å²) in [5, 5.41) is 3.76. The van der Waals surface area contributed by atoms with Gasteiger partial charge >= 0.3 is 0 Å². The molecule has 1 aliphatic carbocycles. The maximum absolute atomic E-state index is 4.19. The lowest BCUT2D eigenvalue weighted by Crippen LogP contribution is -2.37. The van der Waals surface area contributed by atoms with Gasteiger partial charge in [0.25, 0.3) is 0 Å². The van der Waals surface area contributed by atoms with Gasteiger partial charge in [-0.05, 0) is 49.7 Å². The van der Waals surface area contributed by atoms with Gasteiger partial charge in [-0.25, -0.2) is 0 Å². The predicted octanol–water partition coefficient (Wildman–Crippen LogP) is 3.56. The summed E-state index contributed by atoms with van der Waals surface area (Å²) in [7, 11) is 0. The molecule has 2 heteroatoms. The van der Waals surface area contributed by atoms with Crippen LogP contribution in [0.25, 0.3) is 0 Å². The molecular weight excluding hydrogens is 208 g/mol. The zero-order chi connectivity index (χ0) is 12.3. The molecule has 0 aliphatic heterocycles. The van der Waals surface area contributed by atoms with E-state index >= 15 is 0 Å². The molecule has 3 atom stereocenters. The van der Waals surface area contributed by atoms with Crippen molar-refractivity contribution in [3.05, 3.63) is 30.1 Å². The van der Waals surface area contributed by atoms with Crippen LogP contribution in [0.3, 0.4) is 0 Å². The minimum absolute atomic E-state index is 0.409. The fourth-order valence-electron chi connectivity index (χ4n) is 3.16. The largest absolute Gasteiger partial charge is 0.307 e. The topological polar surface area (TPSA) is 24.9 Å². The Labute approximate surface area is 105 Å². The van der Waals surface area contributed by atoms with Crippen LogP contribution in [0.5, 0.6) is 0 Å². The van der Waals surface area contributed by atoms with Gasteiger partial charge in [-0.3, -0.25) is 4.98 Å². The first-order valence-corrected chi connectivity index (χ1v) is 6.81. The maximum Gasteiger partial charge on any atom is 0.0315 e. The van der Waals surface area contributed by atoms with Crippen molar-refractivity contribution in [3.8, 4) is 0 Å². The van der Waals surface area contributed by atoms with Gasteiger partial charge < -0.3 is 5.32 Å². The molecule has 2 unspecified atom stereocenters. The fourth-order valence-corrected chi connectivity index (χ4v) is 3.16. The second-order valence-corrected chi connectivity index (χ2v) is 5.79. The lowest BCUT2D eigenvalue weighted by atomic mass is 9.80. The molecule has 1 aromatic rings. The van der Waals surface area contributed by atoms with E-state index in [1.807, 2.05) is 18.5 Å². The van der Waals surface area contributed by atoms with Crippen molar-refractivity contribution in [2.75, 3.05) is 0 Å². The van der Waals surface area contributed by atoms with E-state index in [1.54, 1.807) is 0 Å². The molecule has 2 nitrogen and oxygen atoms in total. The van der Waals surface area contributed by atoms with E-state index in [-0.39, 0.29) is 0 Å². The highest BCUT2D eigenvalue weighted by atomic mass is 14.9. The summed E-state index contributed by atoms with van der Waals surface area (Å²) in [5.74, 6) is 1.72. The first-order valence-electron chi connectivity index (χ1n) is 6.81. The summed E-state index contributed by atoms with van der Waals surface area (Å²) in [6.07, 6.45) is 7.82. The Hall–Kier alpha value is -0.890. The summed E-state index contributed by atoms with van der Waals surface area (Å²) in [4.78, 5) is 4.19. The third kappa shape index (κ3) is 3.53. The first kappa shape index (κ1) is 12.6. The quantitative estimate of drug-likeness (QED) is 0.862. The Morgan fingerprint density at radius 3 is 2.53 bits per heavy atom. The van der Waals surface area contributed by atoms with E-state index in [9.17, 15) is 0 Å². The van der Waals surface area contributed by atoms with Crippen molar-refractivity contribution >= 4 is 0 Å². The van der Waals surface area contributed by atoms with E-state index in [0.29, 0.717) is 12.1 Å². The van der Waals surface area contributed by atoms with Gasteiger partial charge in [0.15, 0.2) is 0 Å². The zero-order valence-corrected chi connectivity index (χ0v) is 11.2. The summed E-state index contributed by atoms with van der Waals surface area (Å²) < 4.78 is 0. The van der Waals surface area contributed by atoms with Gasteiger partial charge in [0.1, 0.15) is 0 Å². The highest BCUT2D eigenvalue weighted by molar-refractivity contribution is 5.13. The number of nitrogens with zero attached hydrogens (tertiary/aromatic N) is 1. The Morgan fingerprint density at radius 2 is 1.94 bits per heavy atom. The Bertz CT molecular complexity index is 326. The molecule has 1 fully saturated rings. The van der Waals surface area contributed by atoms with Crippen LogP contribution in [0.2, 0.25) is 0 Å². The van der Waals surface area contributed by atoms with E-state index in [0.717, 1.165) is 11.8 Å². The van der Waals surface area contributed by atoms with Crippen LogP contribution in [0, 0.1) is 11.8 Å². The van der Waals surface area contributed by atoms with Crippen LogP contribution in [0.15, 0.2) is 24.5 Å². The Balaban J connectivity index is 1.92. The van der Waals surface area contributed by atoms with Gasteiger partial charge in [0.05, 0.1) is 0 Å². The van der Waals surface area contributed by atoms with Crippen molar-refractivity contribution in [1.29, 1.82) is 0 Å². The second kappa shape index (κ2) is 5.63. The number of rotatable bonds is 3. The monoisotopic (exact) mass is 232 g/mol. The molecule has 1 N–H and O–H groups in total. The number of aromatic nitrogens is 1. The summed E-state index contributed by atoms with van der Waals surface area (Å²) in [6.45, 7) is 6.99. The molecule has 0 aromatic carbocycles. The standard InChI is InChI=1S/C15H24N2/c1-11-7-12(2)9-15(8-11)17-13(3)14-5-4-6-16-10-14/h4-6,10-13,15,17H,7-9H2,1-3H3/t11?,12?,13-,15?/m0/s1. The van der Waals surface area contributed by atoms with Crippen molar-refractivity contribution in [2.24, 2.45) is 11.8 Å². The van der Waals surface area contributed by atoms with Gasteiger partial charge in [-0.15, -0.1) is 0 Å². The average molecular weight is 232 g/mol. The van der Waals surface area contributed by atoms with Crippen molar-refractivity contribution in [1.82, 2.24) is 10.3 Å². The Morgan fingerprint density at radius 1 is 1.24 bits per heavy atom. The van der Waals surface area contributed by atoms with Crippen molar-refractivity contribution in [3.63, 3.8) is 0 Å². The molecule has 17 heavy (non-hydrogen) atoms. The minimum atomic E-state index is 0.409. The second-order valence-electron chi connectivity index (χ2n) is 5.79. The molecule has 2 rings (SSSR count). The van der Waals surface area contributed by atoms with Gasteiger partial charge in [0, 0.05) is 24.5 Å². The maximum atomic E-state index is 4.19. The molecule has 0 saturated heterocycles. The summed E-state index contributed by atoms with van der Waals surface area (Å²) in [6, 6.07) is 5.25. The van der Waals surface area contributed by atoms with Crippen LogP contribution < -0.4 is 5.32 Å². The van der Waals surface area contributed by atoms with E-state index in [4.69, 9.17) is 0 Å². The van der Waals surface area contributed by atoms with E-state index < -0.39 is 0 Å². The van der Waals surface area contributed by atoms with Gasteiger partial charge in [0.2, 0.25) is 0 Å². The zero-order valence-electron chi connectivity index (χ0n) is 11.2. The molecule has 0 spiro atoms. The van der Waals surface area contributed by atoms with Crippen LogP contribution in [-0.2, 0) is 0 Å². The molecule has 0 bridgehead atoms. The number of hydrogen-bond donors (Lipinski definition) is 1. The SMILES string of the molecule is CC1CC(C)CC(N[C@@H](C)c2cccnc2)C1. The molecule has 1 aliphatic rings. The highest BCUT2D eigenvalue weighted by Gasteiger charge is 2.24. The average Bonchev–Trinajstić information content (AvgIpc) is 2.28. The lowest BCUT2D eigenvalue weighted by Gasteiger charge is -2.34. The van der Waals surface area contributed by atoms with Crippen LogP contribution >= 0.6 is 0 Å². The highest BCUT2D eigenvalue weighted by Crippen LogP contribution is 2.29. The van der Waals surface area contributed by atoms with E-state index in [2.05, 4.69) is 37.1 Å².